The zero-order chi connectivity index (χ0) is 13.0. The van der Waals surface area contributed by atoms with E-state index in [0.717, 1.165) is 17.2 Å². The van der Waals surface area contributed by atoms with Crippen LogP contribution in [-0.4, -0.2) is 35.9 Å². The molecular formula is C10H10N4O3. The molecule has 7 nitrogen and oxygen atoms in total. The van der Waals surface area contributed by atoms with Crippen molar-refractivity contribution in [1.29, 1.82) is 5.26 Å². The molecule has 3 amide bonds. The molecule has 1 heterocycles. The van der Waals surface area contributed by atoms with Crippen LogP contribution in [0.4, 0.5) is 4.79 Å². The second-order valence-corrected chi connectivity index (χ2v) is 3.16. The molecule has 0 aliphatic rings. The van der Waals surface area contributed by atoms with Crippen molar-refractivity contribution >= 4 is 11.9 Å². The molecule has 0 aliphatic heterocycles. The van der Waals surface area contributed by atoms with E-state index in [1.807, 2.05) is 0 Å². The Hall–Kier alpha value is -2.62. The summed E-state index contributed by atoms with van der Waals surface area (Å²) in [5.74, 6) is -0.614. The number of H-pyrrole nitrogens is 1. The molecule has 0 aliphatic carbocycles. The fourth-order valence-electron chi connectivity index (χ4n) is 1.14. The number of aromatic nitrogens is 1. The highest BCUT2D eigenvalue weighted by atomic mass is 16.2. The lowest BCUT2D eigenvalue weighted by Gasteiger charge is -2.14. The van der Waals surface area contributed by atoms with Crippen molar-refractivity contribution in [2.75, 3.05) is 14.1 Å². The molecule has 0 saturated heterocycles. The number of urea groups is 1. The minimum atomic E-state index is -0.614. The van der Waals surface area contributed by atoms with E-state index in [4.69, 9.17) is 5.26 Å². The maximum Gasteiger partial charge on any atom is 0.323 e. The van der Waals surface area contributed by atoms with Crippen LogP contribution in [0.2, 0.25) is 0 Å². The molecule has 0 aromatic carbocycles. The molecule has 0 bridgehead atoms. The van der Waals surface area contributed by atoms with Gasteiger partial charge in [0.1, 0.15) is 11.6 Å². The molecule has 7 heteroatoms. The monoisotopic (exact) mass is 234 g/mol. The van der Waals surface area contributed by atoms with Crippen molar-refractivity contribution in [3.8, 4) is 6.07 Å². The molecule has 0 spiro atoms. The molecule has 17 heavy (non-hydrogen) atoms. The SMILES string of the molecule is CNC(=O)N(C)C(=O)c1c[nH]c(=O)c(C#N)c1. The Labute approximate surface area is 96.7 Å². The zero-order valence-corrected chi connectivity index (χ0v) is 9.27. The predicted octanol–water partition coefficient (Wildman–Crippen LogP) is -0.342. The Morgan fingerprint density at radius 1 is 1.53 bits per heavy atom. The van der Waals surface area contributed by atoms with Gasteiger partial charge in [-0.3, -0.25) is 14.5 Å². The van der Waals surface area contributed by atoms with E-state index in [9.17, 15) is 14.4 Å². The molecule has 0 unspecified atom stereocenters. The van der Waals surface area contributed by atoms with Crippen molar-refractivity contribution < 1.29 is 9.59 Å². The molecule has 0 radical (unpaired) electrons. The number of rotatable bonds is 1. The molecule has 88 valence electrons. The van der Waals surface area contributed by atoms with Crippen molar-refractivity contribution in [2.45, 2.75) is 0 Å². The van der Waals surface area contributed by atoms with Gasteiger partial charge in [-0.1, -0.05) is 0 Å². The van der Waals surface area contributed by atoms with Crippen molar-refractivity contribution in [1.82, 2.24) is 15.2 Å². The molecule has 2 N–H and O–H groups in total. The van der Waals surface area contributed by atoms with E-state index >= 15 is 0 Å². The largest absolute Gasteiger partial charge is 0.341 e. The topological polar surface area (TPSA) is 106 Å². The number of imide groups is 1. The highest BCUT2D eigenvalue weighted by Crippen LogP contribution is 2.02. The first-order valence-corrected chi connectivity index (χ1v) is 4.64. The number of nitrogens with zero attached hydrogens (tertiary/aromatic N) is 2. The first-order chi connectivity index (χ1) is 8.01. The van der Waals surface area contributed by atoms with Gasteiger partial charge in [0.2, 0.25) is 0 Å². The smallest absolute Gasteiger partial charge is 0.323 e. The van der Waals surface area contributed by atoms with Crippen LogP contribution < -0.4 is 10.9 Å². The minimum Gasteiger partial charge on any atom is -0.341 e. The fraction of sp³-hybridized carbons (Fsp3) is 0.200. The maximum absolute atomic E-state index is 11.8. The highest BCUT2D eigenvalue weighted by Gasteiger charge is 2.18. The average Bonchev–Trinajstić information content (AvgIpc) is 2.36. The van der Waals surface area contributed by atoms with Crippen molar-refractivity contribution in [2.24, 2.45) is 0 Å². The lowest BCUT2D eigenvalue weighted by molar-refractivity contribution is 0.0832. The third kappa shape index (κ3) is 2.49. The summed E-state index contributed by atoms with van der Waals surface area (Å²) >= 11 is 0. The Morgan fingerprint density at radius 2 is 2.18 bits per heavy atom. The summed E-state index contributed by atoms with van der Waals surface area (Å²) in [5.41, 5.74) is -0.694. The molecule has 1 aromatic heterocycles. The van der Waals surface area contributed by atoms with E-state index in [-0.39, 0.29) is 11.1 Å². The standard InChI is InChI=1S/C10H10N4O3/c1-12-10(17)14(2)9(16)7-3-6(4-11)8(15)13-5-7/h3,5H,1-2H3,(H,12,17)(H,13,15). The van der Waals surface area contributed by atoms with Crippen LogP contribution in [0.25, 0.3) is 0 Å². The predicted molar refractivity (Wildman–Crippen MR) is 58.3 cm³/mol. The second-order valence-electron chi connectivity index (χ2n) is 3.16. The Balaban J connectivity index is 3.10. The summed E-state index contributed by atoms with van der Waals surface area (Å²) in [5, 5.41) is 10.9. The second kappa shape index (κ2) is 4.94. The number of hydrogen-bond acceptors (Lipinski definition) is 4. The Bertz CT molecular complexity index is 555. The molecule has 0 saturated carbocycles. The number of pyridine rings is 1. The number of aromatic amines is 1. The van der Waals surface area contributed by atoms with Gasteiger partial charge in [0.25, 0.3) is 11.5 Å². The summed E-state index contributed by atoms with van der Waals surface area (Å²) in [6.45, 7) is 0. The lowest BCUT2D eigenvalue weighted by atomic mass is 10.2. The first kappa shape index (κ1) is 12.4. The van der Waals surface area contributed by atoms with Crippen LogP contribution in [0, 0.1) is 11.3 Å². The van der Waals surface area contributed by atoms with Gasteiger partial charge in [0.05, 0.1) is 5.56 Å². The number of hydrogen-bond donors (Lipinski definition) is 2. The Kier molecular flexibility index (Phi) is 3.62. The van der Waals surface area contributed by atoms with E-state index < -0.39 is 17.5 Å². The summed E-state index contributed by atoms with van der Waals surface area (Å²) < 4.78 is 0. The quantitative estimate of drug-likeness (QED) is 0.693. The van der Waals surface area contributed by atoms with Crippen molar-refractivity contribution in [3.05, 3.63) is 33.7 Å². The number of carbonyl (C=O) groups is 2. The van der Waals surface area contributed by atoms with Gasteiger partial charge >= 0.3 is 6.03 Å². The maximum atomic E-state index is 11.8. The van der Waals surface area contributed by atoms with E-state index in [1.165, 1.54) is 14.1 Å². The molecule has 0 atom stereocenters. The van der Waals surface area contributed by atoms with Crippen LogP contribution in [-0.2, 0) is 0 Å². The van der Waals surface area contributed by atoms with Gasteiger partial charge in [-0.05, 0) is 6.07 Å². The highest BCUT2D eigenvalue weighted by molar-refractivity contribution is 6.03. The van der Waals surface area contributed by atoms with Gasteiger partial charge in [0.15, 0.2) is 0 Å². The molecule has 0 fully saturated rings. The number of amides is 3. The van der Waals surface area contributed by atoms with Crippen LogP contribution in [0.3, 0.4) is 0 Å². The van der Waals surface area contributed by atoms with Crippen molar-refractivity contribution in [3.63, 3.8) is 0 Å². The number of carbonyl (C=O) groups excluding carboxylic acids is 2. The normalized spacial score (nSPS) is 9.24. The van der Waals surface area contributed by atoms with Crippen LogP contribution in [0.5, 0.6) is 0 Å². The Morgan fingerprint density at radius 3 is 2.71 bits per heavy atom. The number of nitriles is 1. The van der Waals surface area contributed by atoms with Gasteiger partial charge in [-0.15, -0.1) is 0 Å². The summed E-state index contributed by atoms with van der Waals surface area (Å²) in [6.07, 6.45) is 1.16. The van der Waals surface area contributed by atoms with Crippen LogP contribution in [0.15, 0.2) is 17.1 Å². The number of nitrogens with one attached hydrogen (secondary N) is 2. The van der Waals surface area contributed by atoms with Gasteiger partial charge < -0.3 is 10.3 Å². The van der Waals surface area contributed by atoms with Gasteiger partial charge in [0, 0.05) is 20.3 Å². The summed E-state index contributed by atoms with van der Waals surface area (Å²) in [7, 11) is 2.68. The third-order valence-electron chi connectivity index (χ3n) is 2.09. The van der Waals surface area contributed by atoms with Crippen LogP contribution in [0.1, 0.15) is 15.9 Å². The van der Waals surface area contributed by atoms with E-state index in [2.05, 4.69) is 10.3 Å². The fourth-order valence-corrected chi connectivity index (χ4v) is 1.14. The first-order valence-electron chi connectivity index (χ1n) is 4.64. The minimum absolute atomic E-state index is 0.0623. The summed E-state index contributed by atoms with van der Waals surface area (Å²) in [6, 6.07) is 2.21. The average molecular weight is 234 g/mol. The molecular weight excluding hydrogens is 224 g/mol. The van der Waals surface area contributed by atoms with Gasteiger partial charge in [-0.25, -0.2) is 4.79 Å². The van der Waals surface area contributed by atoms with Gasteiger partial charge in [-0.2, -0.15) is 5.26 Å². The van der Waals surface area contributed by atoms with E-state index in [1.54, 1.807) is 6.07 Å². The molecule has 1 aromatic rings. The third-order valence-corrected chi connectivity index (χ3v) is 2.09. The summed E-state index contributed by atoms with van der Waals surface area (Å²) in [4.78, 5) is 37.2. The lowest BCUT2D eigenvalue weighted by Crippen LogP contribution is -2.39. The van der Waals surface area contributed by atoms with Crippen LogP contribution >= 0.6 is 0 Å². The zero-order valence-electron chi connectivity index (χ0n) is 9.27. The van der Waals surface area contributed by atoms with E-state index in [0.29, 0.717) is 0 Å². The molecule has 1 rings (SSSR count).